The van der Waals surface area contributed by atoms with Crippen molar-refractivity contribution in [3.8, 4) is 5.75 Å². The van der Waals surface area contributed by atoms with Crippen LogP contribution in [0.4, 0.5) is 24.5 Å². The number of carbonyl (C=O) groups excluding carboxylic acids is 1. The second-order valence-corrected chi connectivity index (χ2v) is 7.29. The molecule has 2 rings (SSSR count). The van der Waals surface area contributed by atoms with E-state index in [2.05, 4.69) is 41.0 Å². The van der Waals surface area contributed by atoms with Crippen LogP contribution in [-0.2, 0) is 0 Å². The van der Waals surface area contributed by atoms with Crippen molar-refractivity contribution in [2.45, 2.75) is 46.0 Å². The number of carbonyl (C=O) groups is 1. The summed E-state index contributed by atoms with van der Waals surface area (Å²) in [5.74, 6) is -0.686. The quantitative estimate of drug-likeness (QED) is 0.469. The molecule has 0 bridgehead atoms. The predicted molar refractivity (Wildman–Crippen MR) is 118 cm³/mol. The maximum atomic E-state index is 12.7. The first-order valence-electron chi connectivity index (χ1n) is 10.5. The molecule has 1 atom stereocenters. The van der Waals surface area contributed by atoms with Crippen molar-refractivity contribution in [1.29, 1.82) is 0 Å². The summed E-state index contributed by atoms with van der Waals surface area (Å²) in [6, 6.07) is 12.4. The number of hydrogen-bond acceptors (Lipinski definition) is 4. The fourth-order valence-electron chi connectivity index (χ4n) is 3.24. The lowest BCUT2D eigenvalue weighted by molar-refractivity contribution is -0.274. The number of ether oxygens (including phenoxy) is 1. The predicted octanol–water partition coefficient (Wildman–Crippen LogP) is 5.76. The van der Waals surface area contributed by atoms with E-state index in [0.29, 0.717) is 16.9 Å². The Hall–Kier alpha value is -2.74. The topological polar surface area (TPSA) is 53.6 Å². The first-order valence-corrected chi connectivity index (χ1v) is 10.5. The Morgan fingerprint density at radius 1 is 1.06 bits per heavy atom. The third kappa shape index (κ3) is 8.49. The molecule has 2 N–H and O–H groups in total. The Morgan fingerprint density at radius 2 is 1.71 bits per heavy atom. The summed E-state index contributed by atoms with van der Waals surface area (Å²) in [6.07, 6.45) is -2.74. The first-order chi connectivity index (χ1) is 14.7. The van der Waals surface area contributed by atoms with Crippen molar-refractivity contribution >= 4 is 17.3 Å². The lowest BCUT2D eigenvalue weighted by atomic mass is 10.1. The van der Waals surface area contributed by atoms with Crippen LogP contribution >= 0.6 is 0 Å². The minimum atomic E-state index is -4.75. The van der Waals surface area contributed by atoms with E-state index in [1.807, 2.05) is 12.1 Å². The van der Waals surface area contributed by atoms with Crippen LogP contribution < -0.4 is 15.4 Å². The molecule has 0 aliphatic heterocycles. The van der Waals surface area contributed by atoms with E-state index in [-0.39, 0.29) is 17.7 Å². The molecule has 0 saturated carbocycles. The van der Waals surface area contributed by atoms with Gasteiger partial charge in [-0.2, -0.15) is 0 Å². The number of amides is 1. The highest BCUT2D eigenvalue weighted by Crippen LogP contribution is 2.25. The molecule has 0 saturated heterocycles. The molecule has 1 amide bonds. The molecule has 0 radical (unpaired) electrons. The van der Waals surface area contributed by atoms with E-state index < -0.39 is 6.36 Å². The van der Waals surface area contributed by atoms with E-state index in [0.717, 1.165) is 44.6 Å². The number of para-hydroxylation sites is 1. The molecule has 2 aromatic rings. The van der Waals surface area contributed by atoms with E-state index in [4.69, 9.17) is 0 Å². The third-order valence-electron chi connectivity index (χ3n) is 4.93. The number of benzene rings is 2. The van der Waals surface area contributed by atoms with Gasteiger partial charge in [0.25, 0.3) is 5.91 Å². The van der Waals surface area contributed by atoms with Gasteiger partial charge in [0.2, 0.25) is 0 Å². The molecule has 0 aliphatic carbocycles. The second-order valence-electron chi connectivity index (χ2n) is 7.29. The van der Waals surface area contributed by atoms with Gasteiger partial charge in [-0.15, -0.1) is 13.2 Å². The zero-order valence-corrected chi connectivity index (χ0v) is 18.1. The van der Waals surface area contributed by atoms with Gasteiger partial charge in [-0.25, -0.2) is 0 Å². The van der Waals surface area contributed by atoms with Crippen molar-refractivity contribution in [1.82, 2.24) is 4.90 Å². The van der Waals surface area contributed by atoms with Crippen molar-refractivity contribution < 1.29 is 22.7 Å². The second kappa shape index (κ2) is 11.6. The molecule has 0 aliphatic rings. The Kier molecular flexibility index (Phi) is 9.18. The molecular weight excluding hydrogens is 407 g/mol. The molecule has 31 heavy (non-hydrogen) atoms. The number of rotatable bonds is 11. The number of nitrogens with one attached hydrogen (secondary N) is 2. The minimum Gasteiger partial charge on any atom is -0.406 e. The fourth-order valence-corrected chi connectivity index (χ4v) is 3.24. The van der Waals surface area contributed by atoms with Crippen molar-refractivity contribution in [2.75, 3.05) is 30.3 Å². The molecule has 5 nitrogen and oxygen atoms in total. The van der Waals surface area contributed by atoms with E-state index in [1.54, 1.807) is 12.1 Å². The number of hydrogen-bond donors (Lipinski definition) is 2. The zero-order chi connectivity index (χ0) is 22.9. The van der Waals surface area contributed by atoms with Gasteiger partial charge in [0.15, 0.2) is 0 Å². The summed E-state index contributed by atoms with van der Waals surface area (Å²) in [5, 5.41) is 6.11. The number of alkyl halides is 3. The summed E-state index contributed by atoms with van der Waals surface area (Å²) in [5.41, 5.74) is 1.56. The fraction of sp³-hybridized carbons (Fsp3) is 0.435. The largest absolute Gasteiger partial charge is 0.573 e. The lowest BCUT2D eigenvalue weighted by Gasteiger charge is -2.21. The van der Waals surface area contributed by atoms with Gasteiger partial charge in [0.05, 0.1) is 5.56 Å². The van der Waals surface area contributed by atoms with Gasteiger partial charge < -0.3 is 20.3 Å². The number of halogens is 3. The summed E-state index contributed by atoms with van der Waals surface area (Å²) < 4.78 is 40.7. The molecule has 1 unspecified atom stereocenters. The molecule has 8 heteroatoms. The molecule has 170 valence electrons. The van der Waals surface area contributed by atoms with Crippen LogP contribution in [0, 0.1) is 0 Å². The van der Waals surface area contributed by atoms with Gasteiger partial charge in [0, 0.05) is 17.4 Å². The summed E-state index contributed by atoms with van der Waals surface area (Å²) >= 11 is 0. The first kappa shape index (κ1) is 24.5. The van der Waals surface area contributed by atoms with Crippen molar-refractivity contribution in [2.24, 2.45) is 0 Å². The third-order valence-corrected chi connectivity index (χ3v) is 4.93. The van der Waals surface area contributed by atoms with Gasteiger partial charge in [-0.1, -0.05) is 26.0 Å². The summed E-state index contributed by atoms with van der Waals surface area (Å²) in [7, 11) is 0. The normalized spacial score (nSPS) is 12.5. The summed E-state index contributed by atoms with van der Waals surface area (Å²) in [6.45, 7) is 9.48. The van der Waals surface area contributed by atoms with Crippen LogP contribution in [0.1, 0.15) is 44.0 Å². The van der Waals surface area contributed by atoms with Crippen LogP contribution in [0.3, 0.4) is 0 Å². The number of anilines is 2. The van der Waals surface area contributed by atoms with E-state index in [1.165, 1.54) is 12.1 Å². The molecule has 0 aromatic heterocycles. The molecule has 2 aromatic carbocycles. The van der Waals surface area contributed by atoms with Gasteiger partial charge in [-0.3, -0.25) is 4.79 Å². The van der Waals surface area contributed by atoms with Crippen molar-refractivity contribution in [3.05, 3.63) is 54.1 Å². The average Bonchev–Trinajstić information content (AvgIpc) is 2.72. The Balaban J connectivity index is 1.96. The number of nitrogens with zero attached hydrogens (tertiary/aromatic N) is 1. The van der Waals surface area contributed by atoms with Gasteiger partial charge in [-0.05, 0) is 75.8 Å². The highest BCUT2D eigenvalue weighted by Gasteiger charge is 2.31. The zero-order valence-electron chi connectivity index (χ0n) is 18.1. The van der Waals surface area contributed by atoms with Crippen LogP contribution in [0.25, 0.3) is 0 Å². The molecule has 0 heterocycles. The Bertz CT molecular complexity index is 822. The van der Waals surface area contributed by atoms with Gasteiger partial charge in [0.1, 0.15) is 5.75 Å². The van der Waals surface area contributed by atoms with Crippen LogP contribution in [0.2, 0.25) is 0 Å². The standard InChI is InChI=1S/C23H30F3N3O2/c1-4-29(5-2)16-8-9-17(3)27-21-11-7-6-10-20(21)22(30)28-18-12-14-19(15-13-18)31-23(24,25)26/h6-7,10-15,17,27H,4-5,8-9,16H2,1-3H3,(H,28,30). The van der Waals surface area contributed by atoms with Gasteiger partial charge >= 0.3 is 6.36 Å². The molecule has 0 spiro atoms. The Morgan fingerprint density at radius 3 is 2.32 bits per heavy atom. The lowest BCUT2D eigenvalue weighted by Crippen LogP contribution is -2.26. The SMILES string of the molecule is CCN(CC)CCCC(C)Nc1ccccc1C(=O)Nc1ccc(OC(F)(F)F)cc1. The van der Waals surface area contributed by atoms with Crippen LogP contribution in [0.5, 0.6) is 5.75 Å². The maximum absolute atomic E-state index is 12.7. The minimum absolute atomic E-state index is 0.184. The van der Waals surface area contributed by atoms with Crippen LogP contribution in [-0.4, -0.2) is 42.8 Å². The molecule has 0 fully saturated rings. The molecular formula is C23H30F3N3O2. The smallest absolute Gasteiger partial charge is 0.406 e. The monoisotopic (exact) mass is 437 g/mol. The highest BCUT2D eigenvalue weighted by atomic mass is 19.4. The Labute approximate surface area is 181 Å². The van der Waals surface area contributed by atoms with Crippen molar-refractivity contribution in [3.63, 3.8) is 0 Å². The summed E-state index contributed by atoms with van der Waals surface area (Å²) in [4.78, 5) is 15.1. The maximum Gasteiger partial charge on any atom is 0.573 e. The average molecular weight is 438 g/mol. The van der Waals surface area contributed by atoms with E-state index in [9.17, 15) is 18.0 Å². The van der Waals surface area contributed by atoms with Crippen LogP contribution in [0.15, 0.2) is 48.5 Å². The highest BCUT2D eigenvalue weighted by molar-refractivity contribution is 6.08. The van der Waals surface area contributed by atoms with E-state index >= 15 is 0 Å².